The van der Waals surface area contributed by atoms with Crippen molar-refractivity contribution in [3.8, 4) is 10.4 Å². The first-order chi connectivity index (χ1) is 17.2. The molecule has 0 N–H and O–H groups in total. The minimum atomic E-state index is -0.905. The highest BCUT2D eigenvalue weighted by atomic mass is 79.9. The zero-order valence-electron chi connectivity index (χ0n) is 19.2. The predicted molar refractivity (Wildman–Crippen MR) is 135 cm³/mol. The van der Waals surface area contributed by atoms with Gasteiger partial charge in [0.05, 0.1) is 33.1 Å². The molecule has 12 heteroatoms. The van der Waals surface area contributed by atoms with Crippen LogP contribution in [0.3, 0.4) is 0 Å². The van der Waals surface area contributed by atoms with Gasteiger partial charge in [0.2, 0.25) is 0 Å². The molecular weight excluding hydrogens is 562 g/mol. The van der Waals surface area contributed by atoms with Crippen LogP contribution in [-0.2, 0) is 15.9 Å². The third-order valence-electron chi connectivity index (χ3n) is 5.07. The van der Waals surface area contributed by atoms with E-state index in [0.29, 0.717) is 10.4 Å². The van der Waals surface area contributed by atoms with Crippen LogP contribution in [0.25, 0.3) is 10.4 Å². The molecule has 0 aliphatic heterocycles. The Morgan fingerprint density at radius 3 is 2.36 bits per heavy atom. The van der Waals surface area contributed by atoms with Crippen LogP contribution in [0.2, 0.25) is 0 Å². The fourth-order valence-corrected chi connectivity index (χ4v) is 4.91. The number of amides is 1. The van der Waals surface area contributed by atoms with Crippen molar-refractivity contribution in [2.45, 2.75) is 26.4 Å². The lowest BCUT2D eigenvalue weighted by Crippen LogP contribution is -2.34. The predicted octanol–water partition coefficient (Wildman–Crippen LogP) is 6.70. The van der Waals surface area contributed by atoms with Crippen molar-refractivity contribution in [3.63, 3.8) is 0 Å². The minimum absolute atomic E-state index is 0.0876. The van der Waals surface area contributed by atoms with Gasteiger partial charge in [-0.05, 0) is 43.7 Å². The van der Waals surface area contributed by atoms with E-state index in [9.17, 15) is 28.5 Å². The SMILES string of the molecule is CCOC(=O)c1csc(-c2ccc([N+](=O)[O-])cc2)c1N(CBr)C(=O)OC(C)Cc1c(F)cccc1F. The molecule has 1 heterocycles. The third-order valence-corrected chi connectivity index (χ3v) is 6.59. The number of ether oxygens (including phenoxy) is 2. The first-order valence-corrected chi connectivity index (χ1v) is 12.7. The van der Waals surface area contributed by atoms with Gasteiger partial charge in [0, 0.05) is 29.5 Å². The number of non-ortho nitro benzene ring substituents is 1. The number of carbonyl (C=O) groups excluding carboxylic acids is 2. The molecule has 0 bridgehead atoms. The molecule has 8 nitrogen and oxygen atoms in total. The molecule has 0 saturated carbocycles. The Kier molecular flexibility index (Phi) is 9.10. The van der Waals surface area contributed by atoms with Gasteiger partial charge in [0.1, 0.15) is 17.7 Å². The van der Waals surface area contributed by atoms with Crippen LogP contribution in [0, 0.1) is 21.7 Å². The molecule has 3 rings (SSSR count). The van der Waals surface area contributed by atoms with Gasteiger partial charge in [-0.25, -0.2) is 18.4 Å². The Hall–Kier alpha value is -3.38. The van der Waals surface area contributed by atoms with Crippen LogP contribution in [0.1, 0.15) is 29.8 Å². The highest BCUT2D eigenvalue weighted by Gasteiger charge is 2.30. The van der Waals surface area contributed by atoms with Crippen molar-refractivity contribution < 1.29 is 32.8 Å². The molecule has 0 radical (unpaired) electrons. The molecule has 36 heavy (non-hydrogen) atoms. The van der Waals surface area contributed by atoms with Gasteiger partial charge in [0.15, 0.2) is 0 Å². The highest BCUT2D eigenvalue weighted by Crippen LogP contribution is 2.41. The van der Waals surface area contributed by atoms with Crippen LogP contribution in [0.4, 0.5) is 25.0 Å². The number of nitro benzene ring substituents is 1. The zero-order valence-corrected chi connectivity index (χ0v) is 21.6. The molecule has 0 saturated heterocycles. The second-order valence-electron chi connectivity index (χ2n) is 7.50. The summed E-state index contributed by atoms with van der Waals surface area (Å²) in [4.78, 5) is 37.9. The van der Waals surface area contributed by atoms with Crippen molar-refractivity contribution in [1.82, 2.24) is 0 Å². The van der Waals surface area contributed by atoms with Gasteiger partial charge in [-0.15, -0.1) is 11.3 Å². The van der Waals surface area contributed by atoms with E-state index in [4.69, 9.17) is 9.47 Å². The Labute approximate surface area is 217 Å². The van der Waals surface area contributed by atoms with Crippen molar-refractivity contribution in [2.75, 3.05) is 17.0 Å². The van der Waals surface area contributed by atoms with E-state index >= 15 is 0 Å². The van der Waals surface area contributed by atoms with Crippen molar-refractivity contribution in [3.05, 3.63) is 80.7 Å². The quantitative estimate of drug-likeness (QED) is 0.0914. The molecule has 0 fully saturated rings. The fraction of sp³-hybridized carbons (Fsp3) is 0.250. The molecule has 0 aliphatic carbocycles. The van der Waals surface area contributed by atoms with Gasteiger partial charge in [0.25, 0.3) is 5.69 Å². The summed E-state index contributed by atoms with van der Waals surface area (Å²) in [6.07, 6.45) is -1.98. The van der Waals surface area contributed by atoms with Crippen molar-refractivity contribution in [1.29, 1.82) is 0 Å². The lowest BCUT2D eigenvalue weighted by molar-refractivity contribution is -0.384. The maximum Gasteiger partial charge on any atom is 0.415 e. The van der Waals surface area contributed by atoms with Crippen LogP contribution in [0.5, 0.6) is 0 Å². The van der Waals surface area contributed by atoms with Gasteiger partial charge in [-0.1, -0.05) is 22.0 Å². The number of hydrogen-bond donors (Lipinski definition) is 0. The number of benzene rings is 2. The number of halogens is 3. The van der Waals surface area contributed by atoms with Crippen molar-refractivity contribution >= 4 is 50.7 Å². The van der Waals surface area contributed by atoms with Gasteiger partial charge < -0.3 is 9.47 Å². The van der Waals surface area contributed by atoms with Gasteiger partial charge >= 0.3 is 12.1 Å². The topological polar surface area (TPSA) is 99.0 Å². The van der Waals surface area contributed by atoms with E-state index in [0.717, 1.165) is 28.4 Å². The minimum Gasteiger partial charge on any atom is -0.462 e. The largest absolute Gasteiger partial charge is 0.462 e. The van der Waals surface area contributed by atoms with Crippen LogP contribution >= 0.6 is 27.3 Å². The monoisotopic (exact) mass is 582 g/mol. The summed E-state index contributed by atoms with van der Waals surface area (Å²) in [5.74, 6) is -2.17. The molecular formula is C24H21BrF2N2O6S. The van der Waals surface area contributed by atoms with E-state index in [-0.39, 0.29) is 41.0 Å². The number of alkyl halides is 1. The molecule has 2 aromatic carbocycles. The Morgan fingerprint density at radius 2 is 1.81 bits per heavy atom. The molecule has 1 unspecified atom stereocenters. The maximum atomic E-state index is 14.0. The highest BCUT2D eigenvalue weighted by molar-refractivity contribution is 9.09. The molecule has 0 spiro atoms. The normalized spacial score (nSPS) is 11.6. The van der Waals surface area contributed by atoms with E-state index in [1.54, 1.807) is 6.92 Å². The molecule has 3 aromatic rings. The Morgan fingerprint density at radius 1 is 1.17 bits per heavy atom. The molecule has 1 amide bonds. The summed E-state index contributed by atoms with van der Waals surface area (Å²) in [5, 5.41) is 12.5. The molecule has 190 valence electrons. The van der Waals surface area contributed by atoms with E-state index in [2.05, 4.69) is 15.9 Å². The molecule has 1 atom stereocenters. The average molecular weight is 583 g/mol. The number of esters is 1. The molecule has 1 aromatic heterocycles. The van der Waals surface area contributed by atoms with E-state index in [1.165, 1.54) is 42.6 Å². The standard InChI is InChI=1S/C24H21BrF2N2O6S/c1-3-34-23(30)18-12-36-22(15-7-9-16(10-8-15)29(32)33)21(18)28(13-25)24(31)35-14(2)11-17-19(26)5-4-6-20(17)27/h4-10,12,14H,3,11,13H2,1-2H3. The summed E-state index contributed by atoms with van der Waals surface area (Å²) in [7, 11) is 0. The number of nitro groups is 1. The second kappa shape index (κ2) is 12.0. The average Bonchev–Trinajstić information content (AvgIpc) is 3.27. The Bertz CT molecular complexity index is 1250. The number of thiophene rings is 1. The number of nitrogens with zero attached hydrogens (tertiary/aromatic N) is 2. The summed E-state index contributed by atoms with van der Waals surface area (Å²) in [6.45, 7) is 3.24. The first-order valence-electron chi connectivity index (χ1n) is 10.7. The van der Waals surface area contributed by atoms with Crippen LogP contribution < -0.4 is 4.90 Å². The van der Waals surface area contributed by atoms with E-state index in [1.807, 2.05) is 0 Å². The maximum absolute atomic E-state index is 14.0. The third kappa shape index (κ3) is 6.05. The number of hydrogen-bond acceptors (Lipinski definition) is 7. The lowest BCUT2D eigenvalue weighted by atomic mass is 10.1. The smallest absolute Gasteiger partial charge is 0.415 e. The van der Waals surface area contributed by atoms with Gasteiger partial charge in [-0.2, -0.15) is 0 Å². The van der Waals surface area contributed by atoms with Crippen LogP contribution in [0.15, 0.2) is 47.8 Å². The number of anilines is 1. The van der Waals surface area contributed by atoms with Crippen molar-refractivity contribution in [2.24, 2.45) is 0 Å². The van der Waals surface area contributed by atoms with E-state index < -0.39 is 34.7 Å². The summed E-state index contributed by atoms with van der Waals surface area (Å²) >= 11 is 4.39. The molecule has 0 aliphatic rings. The lowest BCUT2D eigenvalue weighted by Gasteiger charge is -2.24. The summed E-state index contributed by atoms with van der Waals surface area (Å²) in [6, 6.07) is 9.10. The summed E-state index contributed by atoms with van der Waals surface area (Å²) in [5.41, 5.74) is 0.385. The zero-order chi connectivity index (χ0) is 26.4. The fourth-order valence-electron chi connectivity index (χ4n) is 3.40. The van der Waals surface area contributed by atoms with Crippen LogP contribution in [-0.4, -0.2) is 35.2 Å². The number of carbonyl (C=O) groups is 2. The summed E-state index contributed by atoms with van der Waals surface area (Å²) < 4.78 is 38.7. The number of rotatable bonds is 9. The van der Waals surface area contributed by atoms with Gasteiger partial charge in [-0.3, -0.25) is 15.0 Å². The Balaban J connectivity index is 1.95. The first kappa shape index (κ1) is 27.2. The second-order valence-corrected chi connectivity index (χ2v) is 8.88.